The molecule has 0 aliphatic heterocycles. The minimum Gasteiger partial charge on any atom is -0.497 e. The maximum atomic E-state index is 12.5. The fraction of sp³-hybridized carbons (Fsp3) is 0.111. The molecule has 0 atom stereocenters. The lowest BCUT2D eigenvalue weighted by Crippen LogP contribution is -2.15. The van der Waals surface area contributed by atoms with Crippen LogP contribution in [-0.2, 0) is 6.18 Å². The highest BCUT2D eigenvalue weighted by Crippen LogP contribution is 2.28. The highest BCUT2D eigenvalue weighted by Gasteiger charge is 2.29. The fourth-order valence-electron chi connectivity index (χ4n) is 2.25. The SMILES string of the molecule is COc1ccc(-c2nnc(N/N=C/c3ccc(C(F)(F)F)cc3)[nH]c2=O)cc1. The third-order valence-electron chi connectivity index (χ3n) is 3.68. The molecule has 0 saturated carbocycles. The van der Waals surface area contributed by atoms with Crippen molar-refractivity contribution in [2.24, 2.45) is 5.10 Å². The van der Waals surface area contributed by atoms with Crippen molar-refractivity contribution in [1.29, 1.82) is 0 Å². The Morgan fingerprint density at radius 3 is 2.32 bits per heavy atom. The first-order valence-corrected chi connectivity index (χ1v) is 7.94. The van der Waals surface area contributed by atoms with Gasteiger partial charge in [-0.15, -0.1) is 10.2 Å². The number of benzene rings is 2. The number of rotatable bonds is 5. The number of anilines is 1. The van der Waals surface area contributed by atoms with Crippen molar-refractivity contribution in [3.05, 3.63) is 70.0 Å². The Labute approximate surface area is 156 Å². The van der Waals surface area contributed by atoms with Gasteiger partial charge in [0.05, 0.1) is 18.9 Å². The molecule has 0 fully saturated rings. The van der Waals surface area contributed by atoms with E-state index in [-0.39, 0.29) is 11.6 Å². The predicted octanol–water partition coefficient (Wildman–Crippen LogP) is 3.31. The largest absolute Gasteiger partial charge is 0.497 e. The van der Waals surface area contributed by atoms with Crippen LogP contribution in [0.15, 0.2) is 58.4 Å². The predicted molar refractivity (Wildman–Crippen MR) is 97.3 cm³/mol. The van der Waals surface area contributed by atoms with Crippen LogP contribution in [0, 0.1) is 0 Å². The molecule has 144 valence electrons. The number of halogens is 3. The number of alkyl halides is 3. The van der Waals surface area contributed by atoms with Gasteiger partial charge in [0.15, 0.2) is 5.69 Å². The second-order valence-corrected chi connectivity index (χ2v) is 5.57. The summed E-state index contributed by atoms with van der Waals surface area (Å²) in [6.45, 7) is 0. The molecule has 0 radical (unpaired) electrons. The standard InChI is InChI=1S/C18H14F3N5O2/c1-28-14-8-4-12(5-9-14)15-16(27)23-17(26-24-15)25-22-10-11-2-6-13(7-3-11)18(19,20)21/h2-10H,1H3,(H2,23,25,26,27)/b22-10+. The van der Waals surface area contributed by atoms with Gasteiger partial charge in [0, 0.05) is 5.56 Å². The summed E-state index contributed by atoms with van der Waals surface area (Å²) in [5.41, 5.74) is 2.37. The highest BCUT2D eigenvalue weighted by molar-refractivity contribution is 5.80. The van der Waals surface area contributed by atoms with E-state index in [1.165, 1.54) is 25.5 Å². The zero-order chi connectivity index (χ0) is 20.1. The molecule has 0 amide bonds. The van der Waals surface area contributed by atoms with Crippen LogP contribution < -0.4 is 15.7 Å². The van der Waals surface area contributed by atoms with E-state index < -0.39 is 17.3 Å². The molecular formula is C18H14F3N5O2. The summed E-state index contributed by atoms with van der Waals surface area (Å²) >= 11 is 0. The monoisotopic (exact) mass is 389 g/mol. The third kappa shape index (κ3) is 4.53. The molecule has 3 aromatic rings. The van der Waals surface area contributed by atoms with Crippen LogP contribution in [0.2, 0.25) is 0 Å². The molecular weight excluding hydrogens is 375 g/mol. The zero-order valence-electron chi connectivity index (χ0n) is 14.5. The van der Waals surface area contributed by atoms with Gasteiger partial charge >= 0.3 is 6.18 Å². The maximum absolute atomic E-state index is 12.5. The van der Waals surface area contributed by atoms with Crippen molar-refractivity contribution in [1.82, 2.24) is 15.2 Å². The average molecular weight is 389 g/mol. The van der Waals surface area contributed by atoms with Crippen LogP contribution in [0.25, 0.3) is 11.3 Å². The first-order valence-electron chi connectivity index (χ1n) is 7.94. The van der Waals surface area contributed by atoms with E-state index >= 15 is 0 Å². The molecule has 0 bridgehead atoms. The molecule has 2 N–H and O–H groups in total. The Kier molecular flexibility index (Phi) is 5.39. The summed E-state index contributed by atoms with van der Waals surface area (Å²) in [5.74, 6) is 0.634. The molecule has 0 aliphatic carbocycles. The molecule has 0 unspecified atom stereocenters. The first kappa shape index (κ1) is 19.1. The van der Waals surface area contributed by atoms with E-state index in [4.69, 9.17) is 4.74 Å². The van der Waals surface area contributed by atoms with Crippen molar-refractivity contribution < 1.29 is 17.9 Å². The van der Waals surface area contributed by atoms with Gasteiger partial charge in [0.2, 0.25) is 5.95 Å². The van der Waals surface area contributed by atoms with Crippen LogP contribution in [-0.4, -0.2) is 28.5 Å². The zero-order valence-corrected chi connectivity index (χ0v) is 14.5. The number of hydrogen-bond acceptors (Lipinski definition) is 6. The second kappa shape index (κ2) is 7.91. The van der Waals surface area contributed by atoms with E-state index in [1.807, 2.05) is 0 Å². The molecule has 3 rings (SSSR count). The number of nitrogens with one attached hydrogen (secondary N) is 2. The van der Waals surface area contributed by atoms with Crippen LogP contribution >= 0.6 is 0 Å². The van der Waals surface area contributed by atoms with Crippen LogP contribution in [0.4, 0.5) is 19.1 Å². The van der Waals surface area contributed by atoms with E-state index in [1.54, 1.807) is 24.3 Å². The number of methoxy groups -OCH3 is 1. The highest BCUT2D eigenvalue weighted by atomic mass is 19.4. The number of ether oxygens (including phenoxy) is 1. The van der Waals surface area contributed by atoms with Crippen molar-refractivity contribution >= 4 is 12.2 Å². The number of nitrogens with zero attached hydrogens (tertiary/aromatic N) is 3. The lowest BCUT2D eigenvalue weighted by atomic mass is 10.1. The van der Waals surface area contributed by atoms with E-state index in [9.17, 15) is 18.0 Å². The summed E-state index contributed by atoms with van der Waals surface area (Å²) in [6, 6.07) is 11.2. The first-order chi connectivity index (χ1) is 13.4. The quantitative estimate of drug-likeness (QED) is 0.516. The molecule has 28 heavy (non-hydrogen) atoms. The van der Waals surface area contributed by atoms with E-state index in [0.29, 0.717) is 16.9 Å². The third-order valence-corrected chi connectivity index (χ3v) is 3.68. The lowest BCUT2D eigenvalue weighted by molar-refractivity contribution is -0.137. The number of aromatic nitrogens is 3. The topological polar surface area (TPSA) is 92.3 Å². The molecule has 10 heteroatoms. The average Bonchev–Trinajstić information content (AvgIpc) is 2.68. The Bertz CT molecular complexity index is 1030. The summed E-state index contributed by atoms with van der Waals surface area (Å²) in [7, 11) is 1.53. The summed E-state index contributed by atoms with van der Waals surface area (Å²) < 4.78 is 42.6. The Hall–Kier alpha value is -3.69. The van der Waals surface area contributed by atoms with Gasteiger partial charge in [0.25, 0.3) is 5.56 Å². The molecule has 0 saturated heterocycles. The Balaban J connectivity index is 1.69. The lowest BCUT2D eigenvalue weighted by Gasteiger charge is -2.05. The molecule has 1 aromatic heterocycles. The van der Waals surface area contributed by atoms with Gasteiger partial charge in [-0.25, -0.2) is 5.43 Å². The number of hydrazone groups is 1. The molecule has 0 aliphatic rings. The molecule has 1 heterocycles. The molecule has 2 aromatic carbocycles. The minimum absolute atomic E-state index is 0.00887. The fourth-order valence-corrected chi connectivity index (χ4v) is 2.25. The van der Waals surface area contributed by atoms with Crippen LogP contribution in [0.5, 0.6) is 5.75 Å². The summed E-state index contributed by atoms with van der Waals surface area (Å²) in [4.78, 5) is 14.7. The smallest absolute Gasteiger partial charge is 0.416 e. The van der Waals surface area contributed by atoms with Gasteiger partial charge in [-0.05, 0) is 42.0 Å². The van der Waals surface area contributed by atoms with Crippen LogP contribution in [0.3, 0.4) is 0 Å². The Morgan fingerprint density at radius 2 is 1.75 bits per heavy atom. The van der Waals surface area contributed by atoms with Gasteiger partial charge in [-0.1, -0.05) is 12.1 Å². The normalized spacial score (nSPS) is 11.6. The van der Waals surface area contributed by atoms with E-state index in [2.05, 4.69) is 25.7 Å². The van der Waals surface area contributed by atoms with Gasteiger partial charge in [-0.3, -0.25) is 9.78 Å². The Morgan fingerprint density at radius 1 is 1.07 bits per heavy atom. The number of aromatic amines is 1. The van der Waals surface area contributed by atoms with Crippen molar-refractivity contribution in [3.8, 4) is 17.0 Å². The minimum atomic E-state index is -4.39. The molecule has 0 spiro atoms. The summed E-state index contributed by atoms with van der Waals surface area (Å²) in [5, 5.41) is 11.5. The van der Waals surface area contributed by atoms with Gasteiger partial charge in [0.1, 0.15) is 5.75 Å². The van der Waals surface area contributed by atoms with Gasteiger partial charge in [-0.2, -0.15) is 18.3 Å². The van der Waals surface area contributed by atoms with Crippen molar-refractivity contribution in [3.63, 3.8) is 0 Å². The second-order valence-electron chi connectivity index (χ2n) is 5.57. The van der Waals surface area contributed by atoms with Crippen molar-refractivity contribution in [2.45, 2.75) is 6.18 Å². The number of hydrogen-bond donors (Lipinski definition) is 2. The molecule has 7 nitrogen and oxygen atoms in total. The van der Waals surface area contributed by atoms with Crippen LogP contribution in [0.1, 0.15) is 11.1 Å². The van der Waals surface area contributed by atoms with E-state index in [0.717, 1.165) is 12.1 Å². The number of H-pyrrole nitrogens is 1. The summed E-state index contributed by atoms with van der Waals surface area (Å²) in [6.07, 6.45) is -3.10. The maximum Gasteiger partial charge on any atom is 0.416 e. The van der Waals surface area contributed by atoms with Gasteiger partial charge < -0.3 is 4.74 Å². The van der Waals surface area contributed by atoms with Crippen molar-refractivity contribution in [2.75, 3.05) is 12.5 Å².